The summed E-state index contributed by atoms with van der Waals surface area (Å²) in [4.78, 5) is 19.9. The van der Waals surface area contributed by atoms with Crippen molar-refractivity contribution in [1.82, 2.24) is 14.6 Å². The Hall–Kier alpha value is -3.45. The lowest BCUT2D eigenvalue weighted by Gasteiger charge is -2.11. The summed E-state index contributed by atoms with van der Waals surface area (Å²) in [6, 6.07) is 15.5. The monoisotopic (exact) mass is 404 g/mol. The Morgan fingerprint density at radius 2 is 1.86 bits per heavy atom. The van der Waals surface area contributed by atoms with Crippen LogP contribution in [0.3, 0.4) is 0 Å². The van der Waals surface area contributed by atoms with Crippen molar-refractivity contribution in [2.24, 2.45) is 0 Å². The quantitative estimate of drug-likeness (QED) is 0.463. The third-order valence-corrected chi connectivity index (χ3v) is 5.33. The van der Waals surface area contributed by atoms with Crippen molar-refractivity contribution >= 4 is 28.1 Å². The molecule has 2 aromatic carbocycles. The van der Waals surface area contributed by atoms with Crippen LogP contribution in [0.15, 0.2) is 66.0 Å². The van der Waals surface area contributed by atoms with Gasteiger partial charge in [0.25, 0.3) is 5.56 Å². The molecule has 0 N–H and O–H groups in total. The van der Waals surface area contributed by atoms with Gasteiger partial charge in [0.2, 0.25) is 4.96 Å². The summed E-state index contributed by atoms with van der Waals surface area (Å²) in [5.41, 5.74) is 2.74. The van der Waals surface area contributed by atoms with Crippen molar-refractivity contribution in [3.8, 4) is 17.1 Å². The first-order valence-corrected chi connectivity index (χ1v) is 9.89. The van der Waals surface area contributed by atoms with Gasteiger partial charge in [0.1, 0.15) is 12.4 Å². The lowest BCUT2D eigenvalue weighted by Crippen LogP contribution is -2.23. The molecule has 0 unspecified atom stereocenters. The molecule has 0 amide bonds. The third-order valence-electron chi connectivity index (χ3n) is 4.37. The summed E-state index contributed by atoms with van der Waals surface area (Å²) in [6.45, 7) is 4.08. The van der Waals surface area contributed by atoms with Gasteiger partial charge in [0.05, 0.1) is 4.53 Å². The number of benzene rings is 2. The second-order valence-corrected chi connectivity index (χ2v) is 7.66. The van der Waals surface area contributed by atoms with Crippen LogP contribution < -0.4 is 19.7 Å². The largest absolute Gasteiger partial charge is 0.490 e. The summed E-state index contributed by atoms with van der Waals surface area (Å²) in [5, 5.41) is 4.39. The SMILES string of the molecule is C=CCOc1ccc(-c2nc3sc(=Cc4ccc(N(C)C)cc4)c(=O)n3n2)cc1. The van der Waals surface area contributed by atoms with Crippen molar-refractivity contribution in [2.45, 2.75) is 0 Å². The molecule has 2 heterocycles. The maximum absolute atomic E-state index is 12.7. The lowest BCUT2D eigenvalue weighted by molar-refractivity contribution is 0.363. The van der Waals surface area contributed by atoms with E-state index in [-0.39, 0.29) is 5.56 Å². The molecule has 0 atom stereocenters. The normalized spacial score (nSPS) is 11.7. The molecule has 0 bridgehead atoms. The molecular formula is C22H20N4O2S. The van der Waals surface area contributed by atoms with E-state index in [9.17, 15) is 4.79 Å². The highest BCUT2D eigenvalue weighted by Crippen LogP contribution is 2.20. The molecule has 0 saturated heterocycles. The number of thiazole rings is 1. The van der Waals surface area contributed by atoms with Crippen LogP contribution in [0.1, 0.15) is 5.56 Å². The number of anilines is 1. The Balaban J connectivity index is 1.63. The summed E-state index contributed by atoms with van der Waals surface area (Å²) in [7, 11) is 3.99. The maximum Gasteiger partial charge on any atom is 0.291 e. The average molecular weight is 404 g/mol. The second-order valence-electron chi connectivity index (χ2n) is 6.66. The zero-order valence-electron chi connectivity index (χ0n) is 16.2. The second kappa shape index (κ2) is 7.89. The average Bonchev–Trinajstić information content (AvgIpc) is 3.27. The molecule has 4 aromatic rings. The van der Waals surface area contributed by atoms with Crippen LogP contribution in [0.4, 0.5) is 5.69 Å². The highest BCUT2D eigenvalue weighted by atomic mass is 32.1. The van der Waals surface area contributed by atoms with Crippen LogP contribution in [0.5, 0.6) is 5.75 Å². The number of nitrogens with zero attached hydrogens (tertiary/aromatic N) is 4. The maximum atomic E-state index is 12.7. The Morgan fingerprint density at radius 3 is 2.48 bits per heavy atom. The van der Waals surface area contributed by atoms with Crippen LogP contribution in [-0.2, 0) is 0 Å². The molecule has 0 aliphatic rings. The van der Waals surface area contributed by atoms with E-state index in [1.165, 1.54) is 15.9 Å². The smallest absolute Gasteiger partial charge is 0.291 e. The van der Waals surface area contributed by atoms with Gasteiger partial charge in [-0.3, -0.25) is 4.79 Å². The van der Waals surface area contributed by atoms with Gasteiger partial charge in [0.15, 0.2) is 5.82 Å². The van der Waals surface area contributed by atoms with Crippen molar-refractivity contribution in [3.63, 3.8) is 0 Å². The fourth-order valence-corrected chi connectivity index (χ4v) is 3.74. The number of fused-ring (bicyclic) bond motifs is 1. The van der Waals surface area contributed by atoms with Gasteiger partial charge in [-0.05, 0) is 48.0 Å². The van der Waals surface area contributed by atoms with Gasteiger partial charge in [-0.1, -0.05) is 36.1 Å². The number of ether oxygens (including phenoxy) is 1. The van der Waals surface area contributed by atoms with Crippen molar-refractivity contribution in [3.05, 3.63) is 81.6 Å². The van der Waals surface area contributed by atoms with Crippen molar-refractivity contribution in [1.29, 1.82) is 0 Å². The predicted molar refractivity (Wildman–Crippen MR) is 118 cm³/mol. The number of rotatable bonds is 6. The van der Waals surface area contributed by atoms with Gasteiger partial charge >= 0.3 is 0 Å². The molecule has 6 nitrogen and oxygen atoms in total. The zero-order chi connectivity index (χ0) is 20.4. The minimum absolute atomic E-state index is 0.161. The van der Waals surface area contributed by atoms with E-state index in [0.717, 1.165) is 22.6 Å². The minimum atomic E-state index is -0.161. The fraction of sp³-hybridized carbons (Fsp3) is 0.136. The summed E-state index contributed by atoms with van der Waals surface area (Å²) < 4.78 is 7.45. The summed E-state index contributed by atoms with van der Waals surface area (Å²) >= 11 is 1.33. The van der Waals surface area contributed by atoms with Crippen LogP contribution in [0, 0.1) is 0 Å². The standard InChI is InChI=1S/C22H20N4O2S/c1-4-13-28-18-11-7-16(8-12-18)20-23-22-26(24-20)21(27)19(29-22)14-15-5-9-17(10-6-15)25(2)3/h4-12,14H,1,13H2,2-3H3. The summed E-state index contributed by atoms with van der Waals surface area (Å²) in [5.74, 6) is 1.27. The Kier molecular flexibility index (Phi) is 5.14. The molecular weight excluding hydrogens is 384 g/mol. The highest BCUT2D eigenvalue weighted by Gasteiger charge is 2.12. The molecule has 2 aromatic heterocycles. The van der Waals surface area contributed by atoms with Crippen molar-refractivity contribution in [2.75, 3.05) is 25.6 Å². The van der Waals surface area contributed by atoms with Crippen molar-refractivity contribution < 1.29 is 4.74 Å². The first kappa shape index (κ1) is 18.9. The molecule has 0 saturated carbocycles. The van der Waals surface area contributed by atoms with Crippen LogP contribution in [-0.4, -0.2) is 35.3 Å². The Morgan fingerprint density at radius 1 is 1.14 bits per heavy atom. The molecule has 0 spiro atoms. The van der Waals surface area contributed by atoms with Crippen LogP contribution >= 0.6 is 11.3 Å². The molecule has 146 valence electrons. The van der Waals surface area contributed by atoms with E-state index < -0.39 is 0 Å². The van der Waals surface area contributed by atoms with Crippen LogP contribution in [0.2, 0.25) is 0 Å². The third kappa shape index (κ3) is 3.90. The van der Waals surface area contributed by atoms with E-state index in [4.69, 9.17) is 4.74 Å². The molecule has 0 aliphatic heterocycles. The Labute approximate surface area is 172 Å². The van der Waals surface area contributed by atoms with Gasteiger partial charge in [-0.25, -0.2) is 0 Å². The molecule has 0 aliphatic carbocycles. The number of hydrogen-bond acceptors (Lipinski definition) is 6. The van der Waals surface area contributed by atoms with Gasteiger partial charge < -0.3 is 9.64 Å². The zero-order valence-corrected chi connectivity index (χ0v) is 17.0. The fourth-order valence-electron chi connectivity index (χ4n) is 2.83. The highest BCUT2D eigenvalue weighted by molar-refractivity contribution is 7.15. The molecule has 0 fully saturated rings. The lowest BCUT2D eigenvalue weighted by atomic mass is 10.2. The molecule has 0 radical (unpaired) electrons. The van der Waals surface area contributed by atoms with E-state index in [1.807, 2.05) is 73.6 Å². The Bertz CT molecular complexity index is 1260. The van der Waals surface area contributed by atoms with Gasteiger partial charge in [-0.2, -0.15) is 9.50 Å². The van der Waals surface area contributed by atoms with Gasteiger partial charge in [0, 0.05) is 25.3 Å². The molecule has 29 heavy (non-hydrogen) atoms. The first-order chi connectivity index (χ1) is 14.0. The van der Waals surface area contributed by atoms with E-state index >= 15 is 0 Å². The van der Waals surface area contributed by atoms with E-state index in [2.05, 4.69) is 16.7 Å². The minimum Gasteiger partial charge on any atom is -0.490 e. The van der Waals surface area contributed by atoms with E-state index in [0.29, 0.717) is 21.9 Å². The number of aromatic nitrogens is 3. The molecule has 7 heteroatoms. The van der Waals surface area contributed by atoms with Gasteiger partial charge in [-0.15, -0.1) is 5.10 Å². The van der Waals surface area contributed by atoms with Crippen LogP contribution in [0.25, 0.3) is 22.4 Å². The number of hydrogen-bond donors (Lipinski definition) is 0. The predicted octanol–water partition coefficient (Wildman–Crippen LogP) is 3.00. The summed E-state index contributed by atoms with van der Waals surface area (Å²) in [6.07, 6.45) is 3.56. The first-order valence-electron chi connectivity index (χ1n) is 9.08. The topological polar surface area (TPSA) is 59.7 Å². The van der Waals surface area contributed by atoms with E-state index in [1.54, 1.807) is 6.08 Å². The molecule has 4 rings (SSSR count).